The summed E-state index contributed by atoms with van der Waals surface area (Å²) < 4.78 is 2.03. The molecular formula is C24H21N3OS. The maximum Gasteiger partial charge on any atom is 0.234 e. The summed E-state index contributed by atoms with van der Waals surface area (Å²) in [6.07, 6.45) is 4.03. The molecule has 0 radical (unpaired) electrons. The molecule has 0 bridgehead atoms. The highest BCUT2D eigenvalue weighted by atomic mass is 32.2. The molecule has 4 aromatic rings. The first kappa shape index (κ1) is 18.0. The van der Waals surface area contributed by atoms with Crippen molar-refractivity contribution in [2.75, 3.05) is 11.1 Å². The number of hydrogen-bond acceptors (Lipinski definition) is 3. The number of nitrogens with one attached hydrogen (secondary N) is 1. The Bertz CT molecular complexity index is 1200. The maximum absolute atomic E-state index is 12.6. The molecule has 1 aromatic heterocycles. The molecule has 1 heterocycles. The van der Waals surface area contributed by atoms with Gasteiger partial charge in [0.15, 0.2) is 5.16 Å². The SMILES string of the molecule is Cn1c(-c2ccccc2)cnc1SCC(=O)Nc1ccc2c3c(cccc13)CC2. The number of carbonyl (C=O) groups excluding carboxylic acids is 1. The highest BCUT2D eigenvalue weighted by molar-refractivity contribution is 7.99. The lowest BCUT2D eigenvalue weighted by atomic mass is 10.0. The Kier molecular flexibility index (Phi) is 4.60. The van der Waals surface area contributed by atoms with Gasteiger partial charge in [-0.3, -0.25) is 4.79 Å². The topological polar surface area (TPSA) is 46.9 Å². The molecular weight excluding hydrogens is 378 g/mol. The van der Waals surface area contributed by atoms with Crippen LogP contribution in [0.4, 0.5) is 5.69 Å². The van der Waals surface area contributed by atoms with E-state index < -0.39 is 0 Å². The van der Waals surface area contributed by atoms with Crippen molar-refractivity contribution in [2.45, 2.75) is 18.0 Å². The van der Waals surface area contributed by atoms with E-state index in [1.165, 1.54) is 28.3 Å². The van der Waals surface area contributed by atoms with Crippen LogP contribution in [0.15, 0.2) is 72.0 Å². The summed E-state index contributed by atoms with van der Waals surface area (Å²) in [7, 11) is 1.98. The highest BCUT2D eigenvalue weighted by Crippen LogP contribution is 2.35. The largest absolute Gasteiger partial charge is 0.325 e. The molecule has 29 heavy (non-hydrogen) atoms. The van der Waals surface area contributed by atoms with Crippen molar-refractivity contribution in [1.29, 1.82) is 0 Å². The highest BCUT2D eigenvalue weighted by Gasteiger charge is 2.17. The van der Waals surface area contributed by atoms with Crippen molar-refractivity contribution in [3.05, 3.63) is 78.0 Å². The van der Waals surface area contributed by atoms with Gasteiger partial charge < -0.3 is 9.88 Å². The summed E-state index contributed by atoms with van der Waals surface area (Å²) in [4.78, 5) is 17.1. The van der Waals surface area contributed by atoms with Gasteiger partial charge in [0.25, 0.3) is 0 Å². The van der Waals surface area contributed by atoms with E-state index in [2.05, 4.69) is 46.7 Å². The molecule has 1 N–H and O–H groups in total. The van der Waals surface area contributed by atoms with Gasteiger partial charge in [0.1, 0.15) is 0 Å². The minimum Gasteiger partial charge on any atom is -0.325 e. The van der Waals surface area contributed by atoms with Crippen LogP contribution in [-0.4, -0.2) is 21.2 Å². The number of nitrogens with zero attached hydrogens (tertiary/aromatic N) is 2. The van der Waals surface area contributed by atoms with Crippen LogP contribution in [0.1, 0.15) is 11.1 Å². The summed E-state index contributed by atoms with van der Waals surface area (Å²) in [6, 6.07) is 20.7. The third kappa shape index (κ3) is 3.32. The van der Waals surface area contributed by atoms with Crippen molar-refractivity contribution in [3.63, 3.8) is 0 Å². The Morgan fingerprint density at radius 2 is 1.83 bits per heavy atom. The molecule has 1 aliphatic rings. The number of rotatable bonds is 5. The molecule has 5 rings (SSSR count). The number of amides is 1. The molecule has 1 amide bonds. The van der Waals surface area contributed by atoms with Crippen LogP contribution < -0.4 is 5.32 Å². The van der Waals surface area contributed by atoms with Crippen molar-refractivity contribution in [1.82, 2.24) is 9.55 Å². The van der Waals surface area contributed by atoms with Gasteiger partial charge in [0.2, 0.25) is 5.91 Å². The van der Waals surface area contributed by atoms with Gasteiger partial charge in [0, 0.05) is 18.1 Å². The number of aryl methyl sites for hydroxylation is 2. The van der Waals surface area contributed by atoms with Crippen molar-refractivity contribution < 1.29 is 4.79 Å². The van der Waals surface area contributed by atoms with Gasteiger partial charge in [-0.2, -0.15) is 0 Å². The fourth-order valence-electron chi connectivity index (χ4n) is 4.08. The second-order valence-electron chi connectivity index (χ2n) is 7.30. The van der Waals surface area contributed by atoms with Crippen molar-refractivity contribution >= 4 is 34.1 Å². The minimum absolute atomic E-state index is 0.0158. The van der Waals surface area contributed by atoms with Crippen LogP contribution >= 0.6 is 11.8 Å². The van der Waals surface area contributed by atoms with Gasteiger partial charge >= 0.3 is 0 Å². The molecule has 4 nitrogen and oxygen atoms in total. The van der Waals surface area contributed by atoms with Crippen LogP contribution in [0.25, 0.3) is 22.0 Å². The Balaban J connectivity index is 1.31. The number of thioether (sulfide) groups is 1. The number of benzene rings is 3. The minimum atomic E-state index is -0.0158. The number of anilines is 1. The Labute approximate surface area is 174 Å². The zero-order valence-corrected chi connectivity index (χ0v) is 17.0. The molecule has 3 aromatic carbocycles. The Morgan fingerprint density at radius 1 is 1.03 bits per heavy atom. The van der Waals surface area contributed by atoms with Gasteiger partial charge in [0.05, 0.1) is 17.6 Å². The van der Waals surface area contributed by atoms with E-state index in [0.29, 0.717) is 5.75 Å². The number of hydrogen-bond donors (Lipinski definition) is 1. The summed E-state index contributed by atoms with van der Waals surface area (Å²) in [5.41, 5.74) is 5.81. The lowest BCUT2D eigenvalue weighted by Crippen LogP contribution is -2.14. The average Bonchev–Trinajstić information content (AvgIpc) is 3.34. The van der Waals surface area contributed by atoms with Gasteiger partial charge in [-0.15, -0.1) is 0 Å². The normalized spacial score (nSPS) is 12.4. The lowest BCUT2D eigenvalue weighted by Gasteiger charge is -2.11. The lowest BCUT2D eigenvalue weighted by molar-refractivity contribution is -0.113. The monoisotopic (exact) mass is 399 g/mol. The van der Waals surface area contributed by atoms with E-state index in [0.717, 1.165) is 40.3 Å². The molecule has 5 heteroatoms. The van der Waals surface area contributed by atoms with Gasteiger partial charge in [-0.25, -0.2) is 4.98 Å². The smallest absolute Gasteiger partial charge is 0.234 e. The predicted octanol–water partition coefficient (Wildman–Crippen LogP) is 5.07. The zero-order chi connectivity index (χ0) is 19.8. The summed E-state index contributed by atoms with van der Waals surface area (Å²) >= 11 is 1.45. The van der Waals surface area contributed by atoms with E-state index in [-0.39, 0.29) is 5.91 Å². The molecule has 1 aliphatic carbocycles. The third-order valence-electron chi connectivity index (χ3n) is 5.50. The molecule has 0 saturated heterocycles. The summed E-state index contributed by atoms with van der Waals surface area (Å²) in [5, 5.41) is 6.38. The fraction of sp³-hybridized carbons (Fsp3) is 0.167. The first-order valence-corrected chi connectivity index (χ1v) is 10.7. The van der Waals surface area contributed by atoms with E-state index in [9.17, 15) is 4.79 Å². The van der Waals surface area contributed by atoms with E-state index in [1.54, 1.807) is 0 Å². The molecule has 0 fully saturated rings. The number of imidazole rings is 1. The third-order valence-corrected chi connectivity index (χ3v) is 6.54. The van der Waals surface area contributed by atoms with Crippen molar-refractivity contribution in [2.24, 2.45) is 7.05 Å². The average molecular weight is 400 g/mol. The van der Waals surface area contributed by atoms with Crippen LogP contribution in [0.3, 0.4) is 0 Å². The first-order valence-electron chi connectivity index (χ1n) is 9.74. The standard InChI is InChI=1S/C24H21N3OS/c1-27-21(16-6-3-2-4-7-16)14-25-24(27)29-15-22(28)26-20-13-12-18-11-10-17-8-5-9-19(20)23(17)18/h2-9,12-14H,10-11,15H2,1H3,(H,26,28). The molecule has 0 unspecified atom stereocenters. The van der Waals surface area contributed by atoms with E-state index in [1.807, 2.05) is 42.1 Å². The molecule has 0 spiro atoms. The molecule has 0 atom stereocenters. The second kappa shape index (κ2) is 7.41. The fourth-order valence-corrected chi connectivity index (χ4v) is 4.83. The van der Waals surface area contributed by atoms with Crippen LogP contribution in [0.2, 0.25) is 0 Å². The van der Waals surface area contributed by atoms with Crippen LogP contribution in [0, 0.1) is 0 Å². The number of aromatic nitrogens is 2. The first-order chi connectivity index (χ1) is 14.2. The van der Waals surface area contributed by atoms with Gasteiger partial charge in [-0.05, 0) is 41.0 Å². The molecule has 144 valence electrons. The summed E-state index contributed by atoms with van der Waals surface area (Å²) in [5.74, 6) is 0.306. The Hall–Kier alpha value is -3.05. The van der Waals surface area contributed by atoms with Gasteiger partial charge in [-0.1, -0.05) is 66.4 Å². The van der Waals surface area contributed by atoms with E-state index in [4.69, 9.17) is 0 Å². The van der Waals surface area contributed by atoms with E-state index >= 15 is 0 Å². The second-order valence-corrected chi connectivity index (χ2v) is 8.24. The van der Waals surface area contributed by atoms with Crippen LogP contribution in [-0.2, 0) is 24.7 Å². The predicted molar refractivity (Wildman–Crippen MR) is 119 cm³/mol. The summed E-state index contributed by atoms with van der Waals surface area (Å²) in [6.45, 7) is 0. The number of carbonyl (C=O) groups is 1. The quantitative estimate of drug-likeness (QED) is 0.477. The Morgan fingerprint density at radius 3 is 2.66 bits per heavy atom. The maximum atomic E-state index is 12.6. The molecule has 0 aliphatic heterocycles. The van der Waals surface area contributed by atoms with Crippen molar-refractivity contribution in [3.8, 4) is 11.3 Å². The van der Waals surface area contributed by atoms with Crippen LogP contribution in [0.5, 0.6) is 0 Å². The molecule has 0 saturated carbocycles. The zero-order valence-electron chi connectivity index (χ0n) is 16.2.